The molecule has 6 heteroatoms. The van der Waals surface area contributed by atoms with E-state index >= 15 is 0 Å². The van der Waals surface area contributed by atoms with Gasteiger partial charge in [0.05, 0.1) is 6.04 Å². The van der Waals surface area contributed by atoms with E-state index in [9.17, 15) is 4.39 Å². The van der Waals surface area contributed by atoms with Crippen molar-refractivity contribution in [3.05, 3.63) is 47.3 Å². The Bertz CT molecular complexity index is 389. The summed E-state index contributed by atoms with van der Waals surface area (Å²) in [5.74, 6) is -0.263. The molecule has 1 aliphatic rings. The molecular formula is C13H18Cl3FN2. The predicted octanol–water partition coefficient (Wildman–Crippen LogP) is 3.46. The van der Waals surface area contributed by atoms with Crippen molar-refractivity contribution in [3.8, 4) is 0 Å². The van der Waals surface area contributed by atoms with E-state index in [-0.39, 0.29) is 36.7 Å². The molecule has 0 aliphatic carbocycles. The van der Waals surface area contributed by atoms with Crippen LogP contribution in [-0.4, -0.2) is 31.1 Å². The van der Waals surface area contributed by atoms with Gasteiger partial charge in [-0.1, -0.05) is 23.7 Å². The largest absolute Gasteiger partial charge is 0.314 e. The molecule has 1 saturated heterocycles. The third-order valence-electron chi connectivity index (χ3n) is 3.06. The Hall–Kier alpha value is -0.320. The van der Waals surface area contributed by atoms with Crippen LogP contribution in [0.15, 0.2) is 30.9 Å². The van der Waals surface area contributed by atoms with Gasteiger partial charge in [0.2, 0.25) is 0 Å². The Kier molecular flexibility index (Phi) is 8.62. The van der Waals surface area contributed by atoms with Crippen molar-refractivity contribution in [2.75, 3.05) is 26.2 Å². The highest BCUT2D eigenvalue weighted by Gasteiger charge is 2.23. The normalized spacial score (nSPS) is 16.9. The van der Waals surface area contributed by atoms with Crippen LogP contribution in [0.5, 0.6) is 0 Å². The smallest absolute Gasteiger partial charge is 0.129 e. The molecule has 19 heavy (non-hydrogen) atoms. The molecule has 0 aromatic heterocycles. The molecule has 0 spiro atoms. The molecule has 1 N–H and O–H groups in total. The quantitative estimate of drug-likeness (QED) is 0.855. The zero-order valence-electron chi connectivity index (χ0n) is 10.4. The number of hydrogen-bond acceptors (Lipinski definition) is 2. The number of benzene rings is 1. The van der Waals surface area contributed by atoms with Gasteiger partial charge in [0.1, 0.15) is 5.82 Å². The van der Waals surface area contributed by atoms with Crippen molar-refractivity contribution in [1.82, 2.24) is 10.2 Å². The Balaban J connectivity index is 0.00000162. The summed E-state index contributed by atoms with van der Waals surface area (Å²) >= 11 is 6.09. The first-order valence-electron chi connectivity index (χ1n) is 5.75. The minimum Gasteiger partial charge on any atom is -0.314 e. The SMILES string of the molecule is C=C[C@@H](c1c(F)cccc1Cl)N1CCNCC1.Cl.Cl. The lowest BCUT2D eigenvalue weighted by Crippen LogP contribution is -2.44. The van der Waals surface area contributed by atoms with Crippen LogP contribution in [0.1, 0.15) is 11.6 Å². The fraction of sp³-hybridized carbons (Fsp3) is 0.385. The molecule has 1 aromatic rings. The van der Waals surface area contributed by atoms with E-state index < -0.39 is 0 Å². The number of nitrogens with one attached hydrogen (secondary N) is 1. The van der Waals surface area contributed by atoms with E-state index in [0.29, 0.717) is 10.6 Å². The third-order valence-corrected chi connectivity index (χ3v) is 3.39. The first-order chi connectivity index (χ1) is 8.24. The second-order valence-corrected chi connectivity index (χ2v) is 4.51. The molecule has 1 fully saturated rings. The molecule has 1 aliphatic heterocycles. The summed E-state index contributed by atoms with van der Waals surface area (Å²) in [5.41, 5.74) is 0.533. The summed E-state index contributed by atoms with van der Waals surface area (Å²) in [4.78, 5) is 2.19. The van der Waals surface area contributed by atoms with Gasteiger partial charge < -0.3 is 5.32 Å². The van der Waals surface area contributed by atoms with Gasteiger partial charge in [-0.3, -0.25) is 4.90 Å². The number of rotatable bonds is 3. The van der Waals surface area contributed by atoms with Gasteiger partial charge in [-0.15, -0.1) is 31.4 Å². The average molecular weight is 328 g/mol. The predicted molar refractivity (Wildman–Crippen MR) is 83.3 cm³/mol. The molecule has 1 atom stereocenters. The molecule has 108 valence electrons. The van der Waals surface area contributed by atoms with Crippen LogP contribution < -0.4 is 5.32 Å². The maximum absolute atomic E-state index is 13.9. The van der Waals surface area contributed by atoms with Crippen LogP contribution in [0.25, 0.3) is 0 Å². The van der Waals surface area contributed by atoms with Crippen molar-refractivity contribution >= 4 is 36.4 Å². The summed E-state index contributed by atoms with van der Waals surface area (Å²) in [7, 11) is 0. The summed E-state index contributed by atoms with van der Waals surface area (Å²) < 4.78 is 13.9. The van der Waals surface area contributed by atoms with Crippen molar-refractivity contribution < 1.29 is 4.39 Å². The molecular weight excluding hydrogens is 310 g/mol. The summed E-state index contributed by atoms with van der Waals surface area (Å²) in [5, 5.41) is 3.74. The third kappa shape index (κ3) is 4.33. The van der Waals surface area contributed by atoms with Crippen LogP contribution in [-0.2, 0) is 0 Å². The van der Waals surface area contributed by atoms with E-state index in [4.69, 9.17) is 11.6 Å². The lowest BCUT2D eigenvalue weighted by atomic mass is 10.0. The molecule has 0 unspecified atom stereocenters. The van der Waals surface area contributed by atoms with Crippen LogP contribution in [0.4, 0.5) is 4.39 Å². The number of halogens is 4. The second kappa shape index (κ2) is 8.77. The highest BCUT2D eigenvalue weighted by Crippen LogP contribution is 2.30. The van der Waals surface area contributed by atoms with Crippen molar-refractivity contribution in [1.29, 1.82) is 0 Å². The van der Waals surface area contributed by atoms with Crippen LogP contribution in [0.2, 0.25) is 5.02 Å². The summed E-state index contributed by atoms with van der Waals surface area (Å²) in [6.07, 6.45) is 1.76. The maximum Gasteiger partial charge on any atom is 0.129 e. The monoisotopic (exact) mass is 326 g/mol. The fourth-order valence-electron chi connectivity index (χ4n) is 2.20. The van der Waals surface area contributed by atoms with E-state index in [0.717, 1.165) is 26.2 Å². The topological polar surface area (TPSA) is 15.3 Å². The molecule has 0 bridgehead atoms. The van der Waals surface area contributed by atoms with Crippen LogP contribution >= 0.6 is 36.4 Å². The van der Waals surface area contributed by atoms with Crippen molar-refractivity contribution in [2.24, 2.45) is 0 Å². The Morgan fingerprint density at radius 3 is 2.47 bits per heavy atom. The van der Waals surface area contributed by atoms with E-state index in [2.05, 4.69) is 16.8 Å². The molecule has 1 aromatic carbocycles. The zero-order valence-corrected chi connectivity index (χ0v) is 12.8. The molecule has 2 nitrogen and oxygen atoms in total. The lowest BCUT2D eigenvalue weighted by molar-refractivity contribution is 0.200. The van der Waals surface area contributed by atoms with Crippen molar-refractivity contribution in [2.45, 2.75) is 6.04 Å². The van der Waals surface area contributed by atoms with Gasteiger partial charge in [-0.05, 0) is 12.1 Å². The van der Waals surface area contributed by atoms with Gasteiger partial charge in [-0.25, -0.2) is 4.39 Å². The first kappa shape index (κ1) is 18.7. The fourth-order valence-corrected chi connectivity index (χ4v) is 2.48. The van der Waals surface area contributed by atoms with Crippen LogP contribution in [0, 0.1) is 5.82 Å². The Morgan fingerprint density at radius 1 is 1.32 bits per heavy atom. The lowest BCUT2D eigenvalue weighted by Gasteiger charge is -2.33. The number of nitrogens with zero attached hydrogens (tertiary/aromatic N) is 1. The van der Waals surface area contributed by atoms with Gasteiger partial charge >= 0.3 is 0 Å². The Labute approximate surface area is 130 Å². The highest BCUT2D eigenvalue weighted by molar-refractivity contribution is 6.31. The summed E-state index contributed by atoms with van der Waals surface area (Å²) in [6, 6.07) is 4.64. The molecule has 2 rings (SSSR count). The molecule has 1 heterocycles. The minimum absolute atomic E-state index is 0. The van der Waals surface area contributed by atoms with E-state index in [1.807, 2.05) is 0 Å². The van der Waals surface area contributed by atoms with Crippen LogP contribution in [0.3, 0.4) is 0 Å². The molecule has 0 amide bonds. The zero-order chi connectivity index (χ0) is 12.3. The van der Waals surface area contributed by atoms with E-state index in [1.165, 1.54) is 6.07 Å². The van der Waals surface area contributed by atoms with Crippen molar-refractivity contribution in [3.63, 3.8) is 0 Å². The standard InChI is InChI=1S/C13H16ClFN2.2ClH/c1-2-12(17-8-6-16-7-9-17)13-10(14)4-3-5-11(13)15;;/h2-5,12,16H,1,6-9H2;2*1H/t12-;;/m0../s1. The second-order valence-electron chi connectivity index (χ2n) is 4.10. The minimum atomic E-state index is -0.263. The highest BCUT2D eigenvalue weighted by atomic mass is 35.5. The van der Waals surface area contributed by atoms with Gasteiger partial charge in [0.15, 0.2) is 0 Å². The molecule has 0 saturated carbocycles. The number of piperazine rings is 1. The number of hydrogen-bond donors (Lipinski definition) is 1. The summed E-state index contributed by atoms with van der Waals surface area (Å²) in [6.45, 7) is 7.39. The molecule has 0 radical (unpaired) electrons. The average Bonchev–Trinajstić information content (AvgIpc) is 2.35. The van der Waals surface area contributed by atoms with Gasteiger partial charge in [0, 0.05) is 36.8 Å². The van der Waals surface area contributed by atoms with E-state index in [1.54, 1.807) is 18.2 Å². The van der Waals surface area contributed by atoms with Gasteiger partial charge in [-0.2, -0.15) is 0 Å². The Morgan fingerprint density at radius 2 is 1.95 bits per heavy atom. The maximum atomic E-state index is 13.9. The first-order valence-corrected chi connectivity index (χ1v) is 6.13. The van der Waals surface area contributed by atoms with Gasteiger partial charge in [0.25, 0.3) is 0 Å².